The number of aromatic nitrogens is 2. The fourth-order valence-corrected chi connectivity index (χ4v) is 5.79. The number of hydrogen-bond acceptors (Lipinski definition) is 2. The van der Waals surface area contributed by atoms with Crippen LogP contribution in [0.5, 0.6) is 0 Å². The third kappa shape index (κ3) is 1.89. The summed E-state index contributed by atoms with van der Waals surface area (Å²) in [6.45, 7) is 3.43. The minimum atomic E-state index is 0.720. The van der Waals surface area contributed by atoms with E-state index >= 15 is 0 Å². The van der Waals surface area contributed by atoms with Crippen molar-refractivity contribution in [1.29, 1.82) is 0 Å². The van der Waals surface area contributed by atoms with Crippen LogP contribution in [0.3, 0.4) is 0 Å². The van der Waals surface area contributed by atoms with Crippen molar-refractivity contribution in [3.8, 4) is 0 Å². The second-order valence-corrected chi connectivity index (χ2v) is 7.42. The van der Waals surface area contributed by atoms with Gasteiger partial charge < -0.3 is 5.73 Å². The Kier molecular flexibility index (Phi) is 2.64. The summed E-state index contributed by atoms with van der Waals surface area (Å²) in [6.07, 6.45) is 9.40. The maximum atomic E-state index is 5.96. The average Bonchev–Trinajstić information content (AvgIpc) is 2.73. The van der Waals surface area contributed by atoms with Crippen molar-refractivity contribution in [2.75, 3.05) is 5.73 Å². The van der Waals surface area contributed by atoms with Gasteiger partial charge in [0.1, 0.15) is 5.82 Å². The van der Waals surface area contributed by atoms with E-state index in [1.54, 1.807) is 6.42 Å². The third-order valence-electron chi connectivity index (χ3n) is 6.17. The lowest BCUT2D eigenvalue weighted by atomic mass is 9.50. The number of nitrogens with zero attached hydrogens (tertiary/aromatic N) is 2. The Balaban J connectivity index is 1.51. The van der Waals surface area contributed by atoms with Crippen LogP contribution in [0, 0.1) is 35.5 Å². The topological polar surface area (TPSA) is 43.8 Å². The number of rotatable bonds is 3. The summed E-state index contributed by atoms with van der Waals surface area (Å²) < 4.78 is 2.00. The smallest absolute Gasteiger partial charge is 0.121 e. The highest BCUT2D eigenvalue weighted by atomic mass is 15.3. The molecule has 1 atom stereocenters. The molecule has 0 saturated heterocycles. The van der Waals surface area contributed by atoms with Gasteiger partial charge in [-0.3, -0.25) is 0 Å². The van der Waals surface area contributed by atoms with E-state index in [1.165, 1.54) is 25.7 Å². The van der Waals surface area contributed by atoms with Crippen molar-refractivity contribution in [1.82, 2.24) is 9.78 Å². The van der Waals surface area contributed by atoms with Gasteiger partial charge in [0.05, 0.1) is 6.20 Å². The highest BCUT2D eigenvalue weighted by Gasteiger charge is 2.49. The van der Waals surface area contributed by atoms with Gasteiger partial charge in [0.15, 0.2) is 0 Å². The molecule has 0 radical (unpaired) electrons. The molecule has 1 aromatic heterocycles. The molecule has 1 aromatic rings. The zero-order valence-corrected chi connectivity index (χ0v) is 11.8. The first-order valence-corrected chi connectivity index (χ1v) is 7.98. The van der Waals surface area contributed by atoms with Crippen LogP contribution in [0.4, 0.5) is 5.82 Å². The first-order valence-electron chi connectivity index (χ1n) is 7.98. The second-order valence-electron chi connectivity index (χ2n) is 7.42. The first-order chi connectivity index (χ1) is 9.20. The lowest BCUT2D eigenvalue weighted by molar-refractivity contribution is -0.0614. The van der Waals surface area contributed by atoms with Gasteiger partial charge in [-0.1, -0.05) is 6.92 Å². The minimum absolute atomic E-state index is 0.720. The molecule has 4 bridgehead atoms. The van der Waals surface area contributed by atoms with Crippen LogP contribution in [0.1, 0.15) is 39.0 Å². The van der Waals surface area contributed by atoms with E-state index in [-0.39, 0.29) is 0 Å². The van der Waals surface area contributed by atoms with Gasteiger partial charge in [-0.25, -0.2) is 4.68 Å². The molecule has 3 heteroatoms. The lowest BCUT2D eigenvalue weighted by Gasteiger charge is -2.56. The molecule has 1 heterocycles. The van der Waals surface area contributed by atoms with Crippen LogP contribution >= 0.6 is 0 Å². The zero-order chi connectivity index (χ0) is 13.0. The Bertz CT molecular complexity index is 436. The third-order valence-corrected chi connectivity index (χ3v) is 6.17. The molecule has 19 heavy (non-hydrogen) atoms. The SMILES string of the molecule is CC(Cn1nccc1N)C1C2CC3CC(C2)CC1C3. The van der Waals surface area contributed by atoms with Gasteiger partial charge in [0, 0.05) is 6.54 Å². The molecule has 2 N–H and O–H groups in total. The zero-order valence-electron chi connectivity index (χ0n) is 11.8. The van der Waals surface area contributed by atoms with Gasteiger partial charge in [0.25, 0.3) is 0 Å². The van der Waals surface area contributed by atoms with E-state index in [1.807, 2.05) is 16.9 Å². The standard InChI is InChI=1S/C16H25N3/c1-10(9-19-15(17)2-3-18-19)16-13-5-11-4-12(7-13)8-14(16)6-11/h2-3,10-14,16H,4-9,17H2,1H3. The molecule has 4 aliphatic carbocycles. The van der Waals surface area contributed by atoms with E-state index < -0.39 is 0 Å². The average molecular weight is 259 g/mol. The molecular formula is C16H25N3. The van der Waals surface area contributed by atoms with Gasteiger partial charge in [0.2, 0.25) is 0 Å². The van der Waals surface area contributed by atoms with Gasteiger partial charge >= 0.3 is 0 Å². The lowest BCUT2D eigenvalue weighted by Crippen LogP contribution is -2.47. The monoisotopic (exact) mass is 259 g/mol. The summed E-state index contributed by atoms with van der Waals surface area (Å²) in [5, 5.41) is 4.36. The fourth-order valence-electron chi connectivity index (χ4n) is 5.79. The van der Waals surface area contributed by atoms with Crippen LogP contribution in [-0.2, 0) is 6.54 Å². The fraction of sp³-hybridized carbons (Fsp3) is 0.812. The predicted octanol–water partition coefficient (Wildman–Crippen LogP) is 3.17. The number of anilines is 1. The summed E-state index contributed by atoms with van der Waals surface area (Å²) in [5.74, 6) is 6.61. The van der Waals surface area contributed by atoms with Crippen LogP contribution in [0.25, 0.3) is 0 Å². The Hall–Kier alpha value is -0.990. The molecule has 0 spiro atoms. The maximum absolute atomic E-state index is 5.96. The molecule has 4 saturated carbocycles. The number of hydrogen-bond donors (Lipinski definition) is 1. The predicted molar refractivity (Wildman–Crippen MR) is 76.3 cm³/mol. The van der Waals surface area contributed by atoms with Crippen LogP contribution < -0.4 is 5.73 Å². The van der Waals surface area contributed by atoms with Crippen molar-refractivity contribution in [3.63, 3.8) is 0 Å². The molecule has 0 aliphatic heterocycles. The molecule has 4 aliphatic rings. The quantitative estimate of drug-likeness (QED) is 0.906. The molecule has 3 nitrogen and oxygen atoms in total. The van der Waals surface area contributed by atoms with Crippen molar-refractivity contribution >= 4 is 5.82 Å². The van der Waals surface area contributed by atoms with E-state index in [2.05, 4.69) is 12.0 Å². The summed E-state index contributed by atoms with van der Waals surface area (Å²) in [6, 6.07) is 1.91. The van der Waals surface area contributed by atoms with Crippen LogP contribution in [-0.4, -0.2) is 9.78 Å². The Morgan fingerprint density at radius 3 is 2.37 bits per heavy atom. The van der Waals surface area contributed by atoms with Crippen molar-refractivity contribution < 1.29 is 0 Å². The molecule has 0 aromatic carbocycles. The number of nitrogen functional groups attached to an aromatic ring is 1. The van der Waals surface area contributed by atoms with E-state index in [0.29, 0.717) is 0 Å². The molecule has 1 unspecified atom stereocenters. The molecule has 0 amide bonds. The second kappa shape index (κ2) is 4.26. The van der Waals surface area contributed by atoms with Crippen molar-refractivity contribution in [2.24, 2.45) is 35.5 Å². The van der Waals surface area contributed by atoms with Crippen LogP contribution in [0.2, 0.25) is 0 Å². The van der Waals surface area contributed by atoms with Gasteiger partial charge in [-0.2, -0.15) is 5.10 Å². The maximum Gasteiger partial charge on any atom is 0.121 e. The Morgan fingerprint density at radius 1 is 1.21 bits per heavy atom. The summed E-state index contributed by atoms with van der Waals surface area (Å²) in [5.41, 5.74) is 5.96. The van der Waals surface area contributed by atoms with E-state index in [4.69, 9.17) is 5.73 Å². The Labute approximate surface area is 115 Å². The highest BCUT2D eigenvalue weighted by molar-refractivity contribution is 5.25. The first kappa shape index (κ1) is 11.8. The minimum Gasteiger partial charge on any atom is -0.384 e. The summed E-state index contributed by atoms with van der Waals surface area (Å²) in [7, 11) is 0. The molecule has 104 valence electrons. The largest absolute Gasteiger partial charge is 0.384 e. The van der Waals surface area contributed by atoms with E-state index in [9.17, 15) is 0 Å². The molecular weight excluding hydrogens is 234 g/mol. The van der Waals surface area contributed by atoms with Crippen molar-refractivity contribution in [2.45, 2.75) is 45.6 Å². The van der Waals surface area contributed by atoms with Gasteiger partial charge in [-0.15, -0.1) is 0 Å². The highest BCUT2D eigenvalue weighted by Crippen LogP contribution is 2.58. The molecule has 4 fully saturated rings. The summed E-state index contributed by atoms with van der Waals surface area (Å²) >= 11 is 0. The van der Waals surface area contributed by atoms with E-state index in [0.717, 1.165) is 47.9 Å². The van der Waals surface area contributed by atoms with Gasteiger partial charge in [-0.05, 0) is 73.7 Å². The summed E-state index contributed by atoms with van der Waals surface area (Å²) in [4.78, 5) is 0. The Morgan fingerprint density at radius 2 is 1.84 bits per heavy atom. The molecule has 5 rings (SSSR count). The normalized spacial score (nSPS) is 41.6. The van der Waals surface area contributed by atoms with Crippen molar-refractivity contribution in [3.05, 3.63) is 12.3 Å². The number of nitrogens with two attached hydrogens (primary N) is 1. The van der Waals surface area contributed by atoms with Crippen LogP contribution in [0.15, 0.2) is 12.3 Å².